The number of azide groups is 1. The van der Waals surface area contributed by atoms with Crippen LogP contribution in [-0.2, 0) is 139 Å². The second kappa shape index (κ2) is 78.5. The standard InChI is InChI=1S/C119H185N4O22P/c1-7-12-17-22-27-32-33-38-43-48-62-77-109(126)140-104(75-60-46-41-36-30-25-20-15-10-4)86-111(128)143-116-112(121-107(124)84-103(74-59-45-40-35-29-24-19-14-9-3)139-108(125)76-61-47-42-37-31-26-21-16-11-5)118(141-105(93-132-88-95-65-52-49-53-66-95)115(116)145-146(129)137-91-99-71-63-64-72-100(99)92-138-146)136-94-106-114(135-90-97-69-56-51-57-70-97)117(113(122-123-120)119(142-106)133-83-82-131-87-98-78-80-101(130-6)81-79-98)144-110(127)85-102(134-89-96-67-54-50-55-68-96)73-58-44-39-34-28-23-18-13-8-2/h49-57,63-72,78-81,102-106,112-119H,7-48,58-62,73-77,82-94H2,1-6H3,(H,121,124)/t102?,103?,104?,105-,106-,112-,113-,114-,115-,116-,117-,118-,119+/m1/s1. The van der Waals surface area contributed by atoms with Gasteiger partial charge in [-0.15, -0.1) is 0 Å². The van der Waals surface area contributed by atoms with E-state index in [4.69, 9.17) is 75.2 Å². The Hall–Kier alpha value is -7.65. The minimum absolute atomic E-state index is 0.0124. The number of esters is 4. The summed E-state index contributed by atoms with van der Waals surface area (Å²) < 4.78 is 123. The zero-order chi connectivity index (χ0) is 104. The molecule has 0 radical (unpaired) electrons. The third-order valence-electron chi connectivity index (χ3n) is 28.0. The number of benzene rings is 5. The molecule has 1 N–H and O–H groups in total. The zero-order valence-corrected chi connectivity index (χ0v) is 90.9. The summed E-state index contributed by atoms with van der Waals surface area (Å²) in [4.78, 5) is 80.0. The molecule has 146 heavy (non-hydrogen) atoms. The van der Waals surface area contributed by atoms with E-state index in [1.54, 1.807) is 7.11 Å². The number of nitrogens with zero attached hydrogens (tertiary/aromatic N) is 3. The molecule has 2 saturated heterocycles. The van der Waals surface area contributed by atoms with Gasteiger partial charge in [0, 0.05) is 17.8 Å². The number of hydrogen-bond acceptors (Lipinski definition) is 23. The van der Waals surface area contributed by atoms with Crippen LogP contribution in [0.15, 0.2) is 145 Å². The highest BCUT2D eigenvalue weighted by Crippen LogP contribution is 2.56. The van der Waals surface area contributed by atoms with Gasteiger partial charge in [0.25, 0.3) is 0 Å². The average molecular weight is 2050 g/mol. The maximum atomic E-state index is 16.2. The van der Waals surface area contributed by atoms with E-state index in [0.717, 1.165) is 183 Å². The second-order valence-electron chi connectivity index (χ2n) is 40.5. The zero-order valence-electron chi connectivity index (χ0n) is 90.0. The van der Waals surface area contributed by atoms with Gasteiger partial charge in [-0.2, -0.15) is 0 Å². The summed E-state index contributed by atoms with van der Waals surface area (Å²) in [5.74, 6) is -2.40. The smallest absolute Gasteiger partial charge is 0.475 e. The van der Waals surface area contributed by atoms with Crippen LogP contribution in [0.25, 0.3) is 10.4 Å². The van der Waals surface area contributed by atoms with Gasteiger partial charge < -0.3 is 66.9 Å². The highest BCUT2D eigenvalue weighted by molar-refractivity contribution is 7.48. The quantitative estimate of drug-likeness (QED) is 0.00719. The lowest BCUT2D eigenvalue weighted by Gasteiger charge is -2.47. The van der Waals surface area contributed by atoms with Crippen LogP contribution >= 0.6 is 7.82 Å². The maximum Gasteiger partial charge on any atom is 0.475 e. The summed E-state index contributed by atoms with van der Waals surface area (Å²) in [5.41, 5.74) is 15.5. The van der Waals surface area contributed by atoms with E-state index in [9.17, 15) is 15.1 Å². The Morgan fingerprint density at radius 2 is 0.767 bits per heavy atom. The van der Waals surface area contributed by atoms with E-state index in [2.05, 4.69) is 50.0 Å². The molecule has 818 valence electrons. The van der Waals surface area contributed by atoms with Crippen LogP contribution in [-0.4, -0.2) is 143 Å². The molecule has 2 fully saturated rings. The Morgan fingerprint density at radius 3 is 1.23 bits per heavy atom. The summed E-state index contributed by atoms with van der Waals surface area (Å²) in [6.45, 7) is 9.93. The predicted molar refractivity (Wildman–Crippen MR) is 573 cm³/mol. The fourth-order valence-electron chi connectivity index (χ4n) is 19.3. The van der Waals surface area contributed by atoms with Crippen molar-refractivity contribution in [3.63, 3.8) is 0 Å². The van der Waals surface area contributed by atoms with E-state index >= 15 is 18.9 Å². The molecule has 3 unspecified atom stereocenters. The molecule has 0 aromatic heterocycles. The largest absolute Gasteiger partial charge is 0.497 e. The Balaban J connectivity index is 1.24. The van der Waals surface area contributed by atoms with Crippen LogP contribution in [0.1, 0.15) is 421 Å². The third kappa shape index (κ3) is 52.9. The van der Waals surface area contributed by atoms with Crippen LogP contribution in [0.5, 0.6) is 5.75 Å². The number of methoxy groups -OCH3 is 1. The molecular formula is C119H185N4O22P. The number of carbonyl (C=O) groups is 5. The molecule has 0 saturated carbocycles. The van der Waals surface area contributed by atoms with E-state index in [1.807, 2.05) is 140 Å². The molecule has 0 spiro atoms. The number of phosphoric ester groups is 1. The first kappa shape index (κ1) is 124. The lowest BCUT2D eigenvalue weighted by atomic mass is 9.95. The summed E-state index contributed by atoms with van der Waals surface area (Å²) in [6.07, 6.45) is 35.4. The van der Waals surface area contributed by atoms with Crippen LogP contribution in [0, 0.1) is 0 Å². The minimum Gasteiger partial charge on any atom is -0.497 e. The molecule has 1 amide bonds. The molecule has 0 aliphatic carbocycles. The Morgan fingerprint density at radius 1 is 0.384 bits per heavy atom. The minimum atomic E-state index is -4.84. The number of amides is 1. The summed E-state index contributed by atoms with van der Waals surface area (Å²) in [6, 6.07) is 40.3. The Kier molecular flexibility index (Phi) is 66.4. The van der Waals surface area contributed by atoms with Crippen molar-refractivity contribution in [1.82, 2.24) is 5.32 Å². The van der Waals surface area contributed by atoms with Crippen LogP contribution < -0.4 is 10.1 Å². The van der Waals surface area contributed by atoms with Gasteiger partial charge in [0.15, 0.2) is 18.7 Å². The molecule has 13 atom stereocenters. The van der Waals surface area contributed by atoms with Gasteiger partial charge in [-0.25, -0.2) is 4.57 Å². The topological polar surface area (TPSA) is 311 Å². The number of nitrogens with one attached hydrogen (secondary N) is 1. The van der Waals surface area contributed by atoms with Crippen LogP contribution in [0.2, 0.25) is 0 Å². The average Bonchev–Trinajstić information content (AvgIpc) is 1.03. The summed E-state index contributed by atoms with van der Waals surface area (Å²) in [7, 11) is -3.24. The lowest BCUT2D eigenvalue weighted by molar-refractivity contribution is -0.309. The number of phosphoric acid groups is 1. The van der Waals surface area contributed by atoms with Crippen molar-refractivity contribution in [2.75, 3.05) is 33.5 Å². The molecule has 3 aliphatic heterocycles. The first-order valence-electron chi connectivity index (χ1n) is 57.1. The molecular weight excluding hydrogens is 1870 g/mol. The van der Waals surface area contributed by atoms with Crippen molar-refractivity contribution in [3.8, 4) is 5.75 Å². The van der Waals surface area contributed by atoms with Crippen LogP contribution in [0.4, 0.5) is 0 Å². The van der Waals surface area contributed by atoms with Crippen molar-refractivity contribution >= 4 is 37.6 Å². The summed E-state index contributed by atoms with van der Waals surface area (Å²) >= 11 is 0. The molecule has 3 aliphatic rings. The molecule has 27 heteroatoms. The van der Waals surface area contributed by atoms with Crippen molar-refractivity contribution in [3.05, 3.63) is 183 Å². The fraction of sp³-hybridized carbons (Fsp3) is 0.706. The lowest BCUT2D eigenvalue weighted by Crippen LogP contribution is -2.67. The predicted octanol–water partition coefficient (Wildman–Crippen LogP) is 29.7. The third-order valence-corrected chi connectivity index (χ3v) is 29.4. The van der Waals surface area contributed by atoms with Crippen LogP contribution in [0.3, 0.4) is 0 Å². The first-order valence-corrected chi connectivity index (χ1v) is 58.5. The normalized spacial score (nSPS) is 19.3. The van der Waals surface area contributed by atoms with E-state index in [1.165, 1.54) is 116 Å². The molecule has 0 bridgehead atoms. The van der Waals surface area contributed by atoms with Gasteiger partial charge >= 0.3 is 31.7 Å². The highest BCUT2D eigenvalue weighted by atomic mass is 31.2. The number of hydrogen-bond donors (Lipinski definition) is 1. The van der Waals surface area contributed by atoms with Crippen molar-refractivity contribution < 1.29 is 104 Å². The second-order valence-corrected chi connectivity index (χ2v) is 42.1. The first-order chi connectivity index (χ1) is 71.6. The Labute approximate surface area is 876 Å². The Bertz CT molecular complexity index is 4260. The van der Waals surface area contributed by atoms with Crippen molar-refractivity contribution in [2.24, 2.45) is 5.11 Å². The van der Waals surface area contributed by atoms with Gasteiger partial charge in [0.05, 0.1) is 98.5 Å². The molecule has 26 nitrogen and oxygen atoms in total. The monoisotopic (exact) mass is 2050 g/mol. The van der Waals surface area contributed by atoms with E-state index in [0.29, 0.717) is 61.8 Å². The number of ether oxygens (including phenoxy) is 13. The molecule has 5 aromatic carbocycles. The fourth-order valence-corrected chi connectivity index (χ4v) is 20.7. The molecule has 8 rings (SSSR count). The van der Waals surface area contributed by atoms with Gasteiger partial charge in [-0.05, 0) is 96.0 Å². The van der Waals surface area contributed by atoms with Gasteiger partial charge in [0.2, 0.25) is 5.91 Å². The maximum absolute atomic E-state index is 16.2. The van der Waals surface area contributed by atoms with E-state index < -0.39 is 130 Å². The van der Waals surface area contributed by atoms with E-state index in [-0.39, 0.29) is 85.1 Å². The summed E-state index contributed by atoms with van der Waals surface area (Å²) in [5, 5.41) is 7.58. The van der Waals surface area contributed by atoms with Gasteiger partial charge in [0.1, 0.15) is 60.6 Å². The van der Waals surface area contributed by atoms with Gasteiger partial charge in [-0.3, -0.25) is 37.5 Å². The number of unbranched alkanes of at least 4 members (excludes halogenated alkanes) is 42. The SMILES string of the molecule is CCCCCCCCCCCCCC(=O)OC(CCCCCCCCCCC)CC(=O)O[C@@H]1[C@@H](NC(=O)CC(CCCCCCCCCCC)OC(=O)CCCCCCCCCCC)[C@H](OC[C@H]2O[C@H](OCCOCc3ccc(OC)cc3)[C@H](N=[N+]=[N-])[C@@H](OC(=O)CC(CCCCCCCCCCC)OCc3ccccc3)[C@@H]2OCc2ccccc2)O[C@H](COCc2ccccc2)[C@H]1OP1(=O)OCc2ccccc2CO1. The van der Waals surface area contributed by atoms with Crippen molar-refractivity contribution in [1.29, 1.82) is 0 Å². The van der Waals surface area contributed by atoms with Gasteiger partial charge in [-0.1, -0.05) is 443 Å². The molecule has 3 heterocycles. The molecule has 5 aromatic rings. The number of carbonyl (C=O) groups excluding carboxylic acids is 5. The van der Waals surface area contributed by atoms with Crippen molar-refractivity contribution in [2.45, 2.75) is 507 Å². The number of fused-ring (bicyclic) bond motifs is 1. The highest BCUT2D eigenvalue weighted by Gasteiger charge is 2.56. The number of rotatable bonds is 86.